The first-order chi connectivity index (χ1) is 7.56. The smallest absolute Gasteiger partial charge is 0.414 e. The predicted molar refractivity (Wildman–Crippen MR) is 50.8 cm³/mol. The second-order valence-corrected chi connectivity index (χ2v) is 2.77. The van der Waals surface area contributed by atoms with Gasteiger partial charge in [0.15, 0.2) is 0 Å². The molecule has 0 saturated carbocycles. The van der Waals surface area contributed by atoms with E-state index in [4.69, 9.17) is 0 Å². The number of halogens is 2. The van der Waals surface area contributed by atoms with E-state index in [1.165, 1.54) is 6.92 Å². The van der Waals surface area contributed by atoms with Gasteiger partial charge < -0.3 is 4.74 Å². The van der Waals surface area contributed by atoms with Crippen LogP contribution in [0.15, 0.2) is 18.2 Å². The Balaban J connectivity index is 2.85. The monoisotopic (exact) mass is 229 g/mol. The van der Waals surface area contributed by atoms with Gasteiger partial charge in [0.05, 0.1) is 6.61 Å². The molecular weight excluding hydrogens is 220 g/mol. The largest absolute Gasteiger partial charge is 0.450 e. The van der Waals surface area contributed by atoms with Crippen molar-refractivity contribution >= 4 is 12.0 Å². The van der Waals surface area contributed by atoms with E-state index in [2.05, 4.69) is 4.74 Å². The fraction of sp³-hybridized carbons (Fsp3) is 0.200. The van der Waals surface area contributed by atoms with Crippen molar-refractivity contribution in [1.82, 2.24) is 5.32 Å². The van der Waals surface area contributed by atoms with E-state index in [9.17, 15) is 18.4 Å². The summed E-state index contributed by atoms with van der Waals surface area (Å²) < 4.78 is 30.6. The third kappa shape index (κ3) is 2.75. The second-order valence-electron chi connectivity index (χ2n) is 2.77. The number of hydrogen-bond donors (Lipinski definition) is 1. The van der Waals surface area contributed by atoms with Crippen LogP contribution in [0.5, 0.6) is 0 Å². The van der Waals surface area contributed by atoms with Crippen LogP contribution in [0.25, 0.3) is 0 Å². The van der Waals surface area contributed by atoms with Gasteiger partial charge >= 0.3 is 6.09 Å². The van der Waals surface area contributed by atoms with E-state index in [0.717, 1.165) is 18.2 Å². The van der Waals surface area contributed by atoms with Gasteiger partial charge in [-0.2, -0.15) is 0 Å². The van der Waals surface area contributed by atoms with Gasteiger partial charge in [-0.3, -0.25) is 10.1 Å². The summed E-state index contributed by atoms with van der Waals surface area (Å²) in [5, 5.41) is 1.70. The average Bonchev–Trinajstić information content (AvgIpc) is 2.17. The minimum Gasteiger partial charge on any atom is -0.450 e. The lowest BCUT2D eigenvalue weighted by Gasteiger charge is -2.05. The van der Waals surface area contributed by atoms with E-state index in [1.54, 1.807) is 5.32 Å². The van der Waals surface area contributed by atoms with Gasteiger partial charge in [-0.25, -0.2) is 13.6 Å². The molecule has 0 bridgehead atoms. The van der Waals surface area contributed by atoms with Gasteiger partial charge in [0.1, 0.15) is 17.2 Å². The van der Waals surface area contributed by atoms with Crippen molar-refractivity contribution in [2.45, 2.75) is 6.92 Å². The SMILES string of the molecule is CCOC(=O)NC(=O)c1c(F)cccc1F. The zero-order valence-corrected chi connectivity index (χ0v) is 8.42. The molecule has 1 N–H and O–H groups in total. The molecule has 0 aliphatic rings. The number of nitrogens with one attached hydrogen (secondary N) is 1. The van der Waals surface area contributed by atoms with E-state index in [1.807, 2.05) is 0 Å². The highest BCUT2D eigenvalue weighted by Crippen LogP contribution is 2.11. The van der Waals surface area contributed by atoms with Gasteiger partial charge in [0.2, 0.25) is 0 Å². The quantitative estimate of drug-likeness (QED) is 0.841. The zero-order valence-electron chi connectivity index (χ0n) is 8.42. The average molecular weight is 229 g/mol. The summed E-state index contributed by atoms with van der Waals surface area (Å²) in [7, 11) is 0. The molecule has 1 rings (SSSR count). The number of carbonyl (C=O) groups is 2. The first-order valence-electron chi connectivity index (χ1n) is 4.48. The van der Waals surface area contributed by atoms with Crippen molar-refractivity contribution in [1.29, 1.82) is 0 Å². The maximum atomic E-state index is 13.1. The highest BCUT2D eigenvalue weighted by molar-refractivity contribution is 6.03. The lowest BCUT2D eigenvalue weighted by molar-refractivity contribution is 0.0917. The normalized spacial score (nSPS) is 9.69. The molecule has 6 heteroatoms. The van der Waals surface area contributed by atoms with Crippen LogP contribution in [0.4, 0.5) is 13.6 Å². The van der Waals surface area contributed by atoms with E-state index in [-0.39, 0.29) is 6.61 Å². The van der Waals surface area contributed by atoms with Crippen LogP contribution >= 0.6 is 0 Å². The van der Waals surface area contributed by atoms with Crippen molar-refractivity contribution in [2.24, 2.45) is 0 Å². The second kappa shape index (κ2) is 5.20. The summed E-state index contributed by atoms with van der Waals surface area (Å²) >= 11 is 0. The van der Waals surface area contributed by atoms with Crippen LogP contribution < -0.4 is 5.32 Å². The third-order valence-electron chi connectivity index (χ3n) is 1.68. The third-order valence-corrected chi connectivity index (χ3v) is 1.68. The number of rotatable bonds is 2. The van der Waals surface area contributed by atoms with Crippen LogP contribution in [0, 0.1) is 11.6 Å². The molecule has 4 nitrogen and oxygen atoms in total. The van der Waals surface area contributed by atoms with E-state index in [0.29, 0.717) is 0 Å². The number of amides is 2. The number of alkyl carbamates (subject to hydrolysis) is 1. The first-order valence-corrected chi connectivity index (χ1v) is 4.48. The standard InChI is InChI=1S/C10H9F2NO3/c1-2-16-10(15)13-9(14)8-6(11)4-3-5-7(8)12/h3-5H,2H2,1H3,(H,13,14,15). The molecule has 0 aliphatic carbocycles. The molecule has 0 unspecified atom stereocenters. The lowest BCUT2D eigenvalue weighted by Crippen LogP contribution is -2.32. The topological polar surface area (TPSA) is 55.4 Å². The number of hydrogen-bond acceptors (Lipinski definition) is 3. The number of imide groups is 1. The Labute approximate surface area is 90.2 Å². The van der Waals surface area contributed by atoms with E-state index >= 15 is 0 Å². The predicted octanol–water partition coefficient (Wildman–Crippen LogP) is 1.85. The summed E-state index contributed by atoms with van der Waals surface area (Å²) in [5.41, 5.74) is -0.810. The van der Waals surface area contributed by atoms with Crippen LogP contribution in [0.2, 0.25) is 0 Å². The number of ether oxygens (including phenoxy) is 1. The van der Waals surface area contributed by atoms with Gasteiger partial charge in [-0.15, -0.1) is 0 Å². The van der Waals surface area contributed by atoms with Crippen molar-refractivity contribution in [3.05, 3.63) is 35.4 Å². The Morgan fingerprint density at radius 2 is 1.88 bits per heavy atom. The summed E-state index contributed by atoms with van der Waals surface area (Å²) in [6.07, 6.45) is -1.05. The van der Waals surface area contributed by atoms with Crippen LogP contribution in [0.3, 0.4) is 0 Å². The maximum Gasteiger partial charge on any atom is 0.414 e. The van der Waals surface area contributed by atoms with Gasteiger partial charge in [0, 0.05) is 0 Å². The van der Waals surface area contributed by atoms with Crippen molar-refractivity contribution in [3.8, 4) is 0 Å². The minimum atomic E-state index is -1.17. The minimum absolute atomic E-state index is 0.0544. The van der Waals surface area contributed by atoms with Gasteiger partial charge in [-0.05, 0) is 19.1 Å². The highest BCUT2D eigenvalue weighted by atomic mass is 19.1. The summed E-state index contributed by atoms with van der Waals surface area (Å²) in [5.74, 6) is -3.25. The Kier molecular flexibility index (Phi) is 3.93. The molecule has 86 valence electrons. The number of benzene rings is 1. The Bertz CT molecular complexity index is 400. The van der Waals surface area contributed by atoms with Crippen molar-refractivity contribution < 1.29 is 23.1 Å². The Hall–Kier alpha value is -1.98. The molecule has 1 aromatic carbocycles. The molecule has 1 aromatic rings. The highest BCUT2D eigenvalue weighted by Gasteiger charge is 2.19. The van der Waals surface area contributed by atoms with Crippen LogP contribution in [-0.2, 0) is 4.74 Å². The maximum absolute atomic E-state index is 13.1. The molecule has 16 heavy (non-hydrogen) atoms. The number of carbonyl (C=O) groups excluding carboxylic acids is 2. The molecule has 2 amide bonds. The molecule has 0 heterocycles. The summed E-state index contributed by atoms with van der Waals surface area (Å²) in [4.78, 5) is 22.1. The Morgan fingerprint density at radius 1 is 1.31 bits per heavy atom. The van der Waals surface area contributed by atoms with Gasteiger partial charge in [0.25, 0.3) is 5.91 Å². The molecular formula is C10H9F2NO3. The van der Waals surface area contributed by atoms with Crippen molar-refractivity contribution in [2.75, 3.05) is 6.61 Å². The molecule has 0 atom stereocenters. The molecule has 0 spiro atoms. The molecule has 0 aliphatic heterocycles. The molecule has 0 fully saturated rings. The van der Waals surface area contributed by atoms with Crippen LogP contribution in [-0.4, -0.2) is 18.6 Å². The molecule has 0 aromatic heterocycles. The lowest BCUT2D eigenvalue weighted by atomic mass is 10.2. The van der Waals surface area contributed by atoms with Gasteiger partial charge in [-0.1, -0.05) is 6.07 Å². The molecule has 0 saturated heterocycles. The molecule has 0 radical (unpaired) electrons. The fourth-order valence-corrected chi connectivity index (χ4v) is 1.04. The first kappa shape index (κ1) is 12.1. The summed E-state index contributed by atoms with van der Waals surface area (Å²) in [6.45, 7) is 1.59. The Morgan fingerprint density at radius 3 is 2.38 bits per heavy atom. The fourth-order valence-electron chi connectivity index (χ4n) is 1.04. The van der Waals surface area contributed by atoms with Crippen molar-refractivity contribution in [3.63, 3.8) is 0 Å². The zero-order chi connectivity index (χ0) is 12.1. The van der Waals surface area contributed by atoms with Crippen LogP contribution in [0.1, 0.15) is 17.3 Å². The summed E-state index contributed by atoms with van der Waals surface area (Å²) in [6, 6.07) is 2.96. The van der Waals surface area contributed by atoms with E-state index < -0.39 is 29.2 Å².